The molecule has 0 amide bonds. The summed E-state index contributed by atoms with van der Waals surface area (Å²) in [4.78, 5) is 0. The average Bonchev–Trinajstić information content (AvgIpc) is 2.18. The summed E-state index contributed by atoms with van der Waals surface area (Å²) in [5.74, 6) is 0. The van der Waals surface area contributed by atoms with E-state index >= 15 is 0 Å². The summed E-state index contributed by atoms with van der Waals surface area (Å²) in [6.07, 6.45) is -0.406. The van der Waals surface area contributed by atoms with Gasteiger partial charge in [-0.3, -0.25) is 0 Å². The van der Waals surface area contributed by atoms with Crippen LogP contribution in [0.15, 0.2) is 0 Å². The van der Waals surface area contributed by atoms with E-state index in [1.165, 1.54) is 58.1 Å². The molecule has 0 spiro atoms. The third kappa shape index (κ3) is 26.2. The van der Waals surface area contributed by atoms with E-state index in [2.05, 4.69) is 13.2 Å². The topological polar surface area (TPSA) is 27.7 Å². The molecular weight excluding hydrogens is 744 g/mol. The van der Waals surface area contributed by atoms with Crippen LogP contribution in [0.3, 0.4) is 0 Å². The number of hydrogen-bond donors (Lipinski definition) is 0. The van der Waals surface area contributed by atoms with Crippen molar-refractivity contribution in [3.63, 3.8) is 0 Å². The molecule has 1 aliphatic heterocycles. The van der Waals surface area contributed by atoms with Gasteiger partial charge in [-0.2, -0.15) is 0 Å². The Hall–Kier alpha value is 1.55. The van der Waals surface area contributed by atoms with Crippen LogP contribution in [-0.2, 0) is 72.3 Å². The van der Waals surface area contributed by atoms with Gasteiger partial charge in [0.1, 0.15) is 0 Å². The Balaban J connectivity index is -0.000000210. The van der Waals surface area contributed by atoms with Gasteiger partial charge in [0.2, 0.25) is 0 Å². The fraction of sp³-hybridized carbons (Fsp3) is 0.750. The predicted octanol–water partition coefficient (Wildman–Crippen LogP) is 1.78. The maximum atomic E-state index is 5.11. The summed E-state index contributed by atoms with van der Waals surface area (Å²) in [6.45, 7) is 11.3. The van der Waals surface area contributed by atoms with Gasteiger partial charge in [-0.25, -0.2) is 0 Å². The molecule has 0 unspecified atom stereocenters. The van der Waals surface area contributed by atoms with Crippen LogP contribution in [0, 0.1) is 0 Å². The standard InChI is InChI=1S/C6H12O3.3C2H3.3W/c1-4-7-5(2)9-6(3)8-4;3*1-2;;;/h4-6H,1-3H3;3*1H3;;;/q;3*-1;;;. The minimum absolute atomic E-state index is 0.135. The van der Waals surface area contributed by atoms with Crippen LogP contribution in [0.25, 0.3) is 0 Å². The fourth-order valence-corrected chi connectivity index (χ4v) is 0.906. The van der Waals surface area contributed by atoms with Gasteiger partial charge in [0.15, 0.2) is 18.9 Å². The quantitative estimate of drug-likeness (QED) is 0.353. The van der Waals surface area contributed by atoms with E-state index in [4.69, 9.17) is 14.2 Å². The second kappa shape index (κ2) is 20.9. The molecule has 0 aromatic rings. The first-order valence-corrected chi connectivity index (χ1v) is 9.66. The van der Waals surface area contributed by atoms with Gasteiger partial charge in [0.25, 0.3) is 0 Å². The van der Waals surface area contributed by atoms with E-state index in [1.807, 2.05) is 41.5 Å². The van der Waals surface area contributed by atoms with E-state index in [0.29, 0.717) is 0 Å². The Bertz CT molecular complexity index is 162. The third-order valence-electron chi connectivity index (χ3n) is 1.15. The molecule has 108 valence electrons. The van der Waals surface area contributed by atoms with Gasteiger partial charge in [-0.15, -0.1) is 0 Å². The van der Waals surface area contributed by atoms with Crippen LogP contribution in [0.1, 0.15) is 41.5 Å². The van der Waals surface area contributed by atoms with E-state index in [9.17, 15) is 0 Å². The van der Waals surface area contributed by atoms with Crippen molar-refractivity contribution in [2.24, 2.45) is 0 Å². The Morgan fingerprint density at radius 1 is 0.611 bits per heavy atom. The first-order chi connectivity index (χ1) is 8.42. The van der Waals surface area contributed by atoms with Gasteiger partial charge >= 0.3 is 92.0 Å². The van der Waals surface area contributed by atoms with E-state index in [1.54, 1.807) is 0 Å². The van der Waals surface area contributed by atoms with Crippen molar-refractivity contribution in [3.05, 3.63) is 0 Å². The van der Waals surface area contributed by atoms with Crippen molar-refractivity contribution in [1.29, 1.82) is 0 Å². The van der Waals surface area contributed by atoms with E-state index < -0.39 is 0 Å². The first-order valence-electron chi connectivity index (χ1n) is 5.26. The van der Waals surface area contributed by atoms with Gasteiger partial charge in [0.05, 0.1) is 0 Å². The van der Waals surface area contributed by atoms with E-state index in [0.717, 1.165) is 0 Å². The Morgan fingerprint density at radius 2 is 0.722 bits per heavy atom. The van der Waals surface area contributed by atoms with Crippen molar-refractivity contribution in [1.82, 2.24) is 0 Å². The normalized spacial score (nSPS) is 24.7. The van der Waals surface area contributed by atoms with Gasteiger partial charge < -0.3 is 14.2 Å². The molecule has 1 heterocycles. The summed E-state index contributed by atoms with van der Waals surface area (Å²) in [5, 5.41) is 0. The Morgan fingerprint density at radius 3 is 0.833 bits per heavy atom. The second-order valence-electron chi connectivity index (χ2n) is 2.72. The zero-order chi connectivity index (χ0) is 15.0. The molecule has 1 saturated heterocycles. The van der Waals surface area contributed by atoms with Crippen molar-refractivity contribution >= 4 is 13.2 Å². The Labute approximate surface area is 145 Å². The Kier molecular flexibility index (Phi) is 28.5. The molecule has 0 N–H and O–H groups in total. The van der Waals surface area contributed by atoms with Crippen LogP contribution in [0.2, 0.25) is 0 Å². The van der Waals surface area contributed by atoms with Crippen molar-refractivity contribution < 1.29 is 72.3 Å². The number of hydrogen-bond acceptors (Lipinski definition) is 3. The second-order valence-corrected chi connectivity index (χ2v) is 7.12. The van der Waals surface area contributed by atoms with Crippen LogP contribution in [0.4, 0.5) is 0 Å². The number of ether oxygens (including phenoxy) is 3. The average molecular weight is 765 g/mol. The molecule has 0 aliphatic carbocycles. The summed E-state index contributed by atoms with van der Waals surface area (Å²) in [6, 6.07) is 0. The zero-order valence-electron chi connectivity index (χ0n) is 11.7. The third-order valence-corrected chi connectivity index (χ3v) is 1.15. The van der Waals surface area contributed by atoms with Crippen molar-refractivity contribution in [3.8, 4) is 0 Å². The van der Waals surface area contributed by atoms with Gasteiger partial charge in [0, 0.05) is 0 Å². The van der Waals surface area contributed by atoms with Crippen LogP contribution < -0.4 is 0 Å². The molecule has 18 heavy (non-hydrogen) atoms. The molecule has 0 radical (unpaired) electrons. The molecule has 1 rings (SSSR count). The summed E-state index contributed by atoms with van der Waals surface area (Å²) in [5.41, 5.74) is 0. The molecule has 0 aromatic heterocycles. The van der Waals surface area contributed by atoms with Crippen molar-refractivity contribution in [2.75, 3.05) is 0 Å². The molecule has 6 heteroatoms. The molecule has 1 aliphatic rings. The predicted molar refractivity (Wildman–Crippen MR) is 63.7 cm³/mol. The monoisotopic (exact) mass is 765 g/mol. The molecule has 3 nitrogen and oxygen atoms in total. The molecular formula is C12H21O3W3-3. The van der Waals surface area contributed by atoms with E-state index in [-0.39, 0.29) is 18.9 Å². The van der Waals surface area contributed by atoms with Gasteiger partial charge in [-0.05, 0) is 20.8 Å². The number of rotatable bonds is 0. The SMILES string of the molecule is CC1OC(C)OC(C)O1.C[C-]=[W].C[C-]=[W].C[C-]=[W]. The van der Waals surface area contributed by atoms with Crippen LogP contribution in [-0.4, -0.2) is 32.1 Å². The molecule has 0 saturated carbocycles. The van der Waals surface area contributed by atoms with Gasteiger partial charge in [-0.1, -0.05) is 0 Å². The molecule has 1 fully saturated rings. The summed E-state index contributed by atoms with van der Waals surface area (Å²) in [7, 11) is 0. The molecule has 0 bridgehead atoms. The maximum absolute atomic E-state index is 5.11. The minimum atomic E-state index is -0.135. The zero-order valence-corrected chi connectivity index (χ0v) is 20.5. The van der Waals surface area contributed by atoms with Crippen molar-refractivity contribution in [2.45, 2.75) is 60.4 Å². The summed E-state index contributed by atoms with van der Waals surface area (Å²) >= 11 is 4.26. The van der Waals surface area contributed by atoms with Crippen LogP contribution >= 0.6 is 0 Å². The fourth-order valence-electron chi connectivity index (χ4n) is 0.906. The summed E-state index contributed by atoms with van der Waals surface area (Å²) < 4.78 is 23.8. The molecule has 0 atom stereocenters. The molecule has 0 aromatic carbocycles. The first kappa shape index (κ1) is 24.6. The van der Waals surface area contributed by atoms with Crippen LogP contribution in [0.5, 0.6) is 0 Å².